The smallest absolute Gasteiger partial charge is 0.195 e. The Morgan fingerprint density at radius 3 is 2.10 bits per heavy atom. The molecule has 4 heteroatoms. The van der Waals surface area contributed by atoms with E-state index in [1.165, 1.54) is 11.1 Å². The maximum absolute atomic E-state index is 11.9. The molecule has 3 atom stereocenters. The first kappa shape index (κ1) is 28.3. The van der Waals surface area contributed by atoms with Crippen LogP contribution in [0.4, 0.5) is 0 Å². The van der Waals surface area contributed by atoms with Crippen molar-refractivity contribution in [3.8, 4) is 0 Å². The van der Waals surface area contributed by atoms with E-state index in [0.29, 0.717) is 39.1 Å². The lowest BCUT2D eigenvalue weighted by Crippen LogP contribution is -2.45. The van der Waals surface area contributed by atoms with Gasteiger partial charge in [0, 0.05) is 25.0 Å². The molecule has 4 aromatic rings. The monoisotopic (exact) mass is 536 g/mol. The van der Waals surface area contributed by atoms with Gasteiger partial charge in [0.05, 0.1) is 25.4 Å². The van der Waals surface area contributed by atoms with E-state index in [1.807, 2.05) is 48.5 Å². The molecule has 4 aromatic carbocycles. The van der Waals surface area contributed by atoms with Crippen molar-refractivity contribution in [1.82, 2.24) is 0 Å². The van der Waals surface area contributed by atoms with E-state index < -0.39 is 5.79 Å². The second-order valence-electron chi connectivity index (χ2n) is 10.8. The summed E-state index contributed by atoms with van der Waals surface area (Å²) in [6.07, 6.45) is 3.31. The zero-order valence-electron chi connectivity index (χ0n) is 23.4. The largest absolute Gasteiger partial charge is 0.377 e. The molecular formula is C36H40O4. The molecule has 0 amide bonds. The normalized spacial score (nSPS) is 20.9. The van der Waals surface area contributed by atoms with Crippen molar-refractivity contribution in [2.45, 2.75) is 70.2 Å². The minimum Gasteiger partial charge on any atom is -0.377 e. The van der Waals surface area contributed by atoms with Crippen LogP contribution in [0.1, 0.15) is 59.6 Å². The molecule has 0 aliphatic carbocycles. The van der Waals surface area contributed by atoms with Crippen LogP contribution in [0.15, 0.2) is 109 Å². The first-order valence-electron chi connectivity index (χ1n) is 14.4. The van der Waals surface area contributed by atoms with Crippen molar-refractivity contribution in [2.24, 2.45) is 0 Å². The number of benzene rings is 4. The highest BCUT2D eigenvalue weighted by atomic mass is 16.6. The molecule has 0 spiro atoms. The molecule has 1 N–H and O–H groups in total. The highest BCUT2D eigenvalue weighted by Crippen LogP contribution is 2.38. The first-order valence-corrected chi connectivity index (χ1v) is 14.4. The molecule has 0 bridgehead atoms. The van der Waals surface area contributed by atoms with E-state index in [4.69, 9.17) is 14.2 Å². The number of ether oxygens (including phenoxy) is 3. The van der Waals surface area contributed by atoms with Crippen LogP contribution in [-0.2, 0) is 46.1 Å². The molecule has 1 fully saturated rings. The van der Waals surface area contributed by atoms with Crippen molar-refractivity contribution < 1.29 is 19.3 Å². The van der Waals surface area contributed by atoms with Crippen LogP contribution in [0.2, 0.25) is 0 Å². The quantitative estimate of drug-likeness (QED) is 0.192. The van der Waals surface area contributed by atoms with Crippen LogP contribution in [-0.4, -0.2) is 23.9 Å². The van der Waals surface area contributed by atoms with Crippen LogP contribution in [0, 0.1) is 0 Å². The van der Waals surface area contributed by atoms with Gasteiger partial charge >= 0.3 is 0 Å². The summed E-state index contributed by atoms with van der Waals surface area (Å²) in [6.45, 7) is 3.79. The van der Waals surface area contributed by atoms with E-state index in [-0.39, 0.29) is 12.2 Å². The topological polar surface area (TPSA) is 47.9 Å². The SMILES string of the molecule is CCc1ccc(Cc2cccc(C3(O)C[C@@H](OCc4ccccc4)C[C@@H](CCOCc4ccccc4)O3)c2)cc1. The summed E-state index contributed by atoms with van der Waals surface area (Å²) in [7, 11) is 0. The van der Waals surface area contributed by atoms with Crippen LogP contribution >= 0.6 is 0 Å². The predicted octanol–water partition coefficient (Wildman–Crippen LogP) is 7.36. The maximum atomic E-state index is 11.9. The molecule has 1 aliphatic heterocycles. The summed E-state index contributed by atoms with van der Waals surface area (Å²) in [5, 5.41) is 11.9. The fraction of sp³-hybridized carbons (Fsp3) is 0.333. The van der Waals surface area contributed by atoms with E-state index in [0.717, 1.165) is 35.1 Å². The number of aryl methyl sites for hydroxylation is 1. The Labute approximate surface area is 238 Å². The molecule has 1 saturated heterocycles. The Hall–Kier alpha value is -3.28. The number of hydrogen-bond donors (Lipinski definition) is 1. The van der Waals surface area contributed by atoms with Gasteiger partial charge in [-0.15, -0.1) is 0 Å². The van der Waals surface area contributed by atoms with Crippen molar-refractivity contribution in [3.05, 3.63) is 143 Å². The minimum atomic E-state index is -1.42. The zero-order chi connectivity index (χ0) is 27.6. The van der Waals surface area contributed by atoms with Gasteiger partial charge in [0.15, 0.2) is 5.79 Å². The molecule has 5 rings (SSSR count). The lowest BCUT2D eigenvalue weighted by atomic mass is 9.90. The second-order valence-corrected chi connectivity index (χ2v) is 10.8. The molecular weight excluding hydrogens is 496 g/mol. The van der Waals surface area contributed by atoms with Gasteiger partial charge in [0.1, 0.15) is 0 Å². The summed E-state index contributed by atoms with van der Waals surface area (Å²) < 4.78 is 18.7. The maximum Gasteiger partial charge on any atom is 0.195 e. The van der Waals surface area contributed by atoms with Crippen LogP contribution < -0.4 is 0 Å². The molecule has 1 heterocycles. The Morgan fingerprint density at radius 2 is 1.40 bits per heavy atom. The first-order chi connectivity index (χ1) is 19.6. The fourth-order valence-corrected chi connectivity index (χ4v) is 5.37. The molecule has 208 valence electrons. The minimum absolute atomic E-state index is 0.136. The average Bonchev–Trinajstić information content (AvgIpc) is 3.00. The van der Waals surface area contributed by atoms with E-state index in [2.05, 4.69) is 67.6 Å². The Kier molecular flexibility index (Phi) is 9.80. The molecule has 0 aromatic heterocycles. The van der Waals surface area contributed by atoms with E-state index in [1.54, 1.807) is 0 Å². The van der Waals surface area contributed by atoms with E-state index in [9.17, 15) is 5.11 Å². The number of hydrogen-bond acceptors (Lipinski definition) is 4. The van der Waals surface area contributed by atoms with Gasteiger partial charge in [-0.25, -0.2) is 0 Å². The third-order valence-corrected chi connectivity index (χ3v) is 7.63. The molecule has 1 unspecified atom stereocenters. The van der Waals surface area contributed by atoms with Crippen molar-refractivity contribution in [3.63, 3.8) is 0 Å². The average molecular weight is 537 g/mol. The highest BCUT2D eigenvalue weighted by molar-refractivity contribution is 5.33. The molecule has 0 radical (unpaired) electrons. The summed E-state index contributed by atoms with van der Waals surface area (Å²) in [4.78, 5) is 0. The fourth-order valence-electron chi connectivity index (χ4n) is 5.37. The van der Waals surface area contributed by atoms with Crippen molar-refractivity contribution in [2.75, 3.05) is 6.61 Å². The van der Waals surface area contributed by atoms with Crippen LogP contribution in [0.3, 0.4) is 0 Å². The zero-order valence-corrected chi connectivity index (χ0v) is 23.4. The highest BCUT2D eigenvalue weighted by Gasteiger charge is 2.42. The third kappa shape index (κ3) is 7.89. The van der Waals surface area contributed by atoms with Gasteiger partial charge < -0.3 is 19.3 Å². The summed E-state index contributed by atoms with van der Waals surface area (Å²) in [5.41, 5.74) is 6.78. The van der Waals surface area contributed by atoms with Gasteiger partial charge in [-0.2, -0.15) is 0 Å². The van der Waals surface area contributed by atoms with Gasteiger partial charge in [0.25, 0.3) is 0 Å². The molecule has 40 heavy (non-hydrogen) atoms. The molecule has 4 nitrogen and oxygen atoms in total. The summed E-state index contributed by atoms with van der Waals surface area (Å²) in [5.74, 6) is -1.42. The summed E-state index contributed by atoms with van der Waals surface area (Å²) in [6, 6.07) is 37.3. The lowest BCUT2D eigenvalue weighted by Gasteiger charge is -2.41. The second kappa shape index (κ2) is 13.9. The van der Waals surface area contributed by atoms with Gasteiger partial charge in [0.2, 0.25) is 0 Å². The van der Waals surface area contributed by atoms with Crippen molar-refractivity contribution >= 4 is 0 Å². The Bertz CT molecular complexity index is 1310. The van der Waals surface area contributed by atoms with Crippen molar-refractivity contribution in [1.29, 1.82) is 0 Å². The van der Waals surface area contributed by atoms with Gasteiger partial charge in [-0.05, 0) is 47.1 Å². The summed E-state index contributed by atoms with van der Waals surface area (Å²) >= 11 is 0. The predicted molar refractivity (Wildman–Crippen MR) is 159 cm³/mol. The van der Waals surface area contributed by atoms with E-state index >= 15 is 0 Å². The molecule has 1 aliphatic rings. The van der Waals surface area contributed by atoms with Gasteiger partial charge in [-0.3, -0.25) is 0 Å². The Morgan fingerprint density at radius 1 is 0.750 bits per heavy atom. The Balaban J connectivity index is 1.28. The van der Waals surface area contributed by atoms with Gasteiger partial charge in [-0.1, -0.05) is 116 Å². The third-order valence-electron chi connectivity index (χ3n) is 7.63. The number of rotatable bonds is 12. The standard InChI is InChI=1S/C36H40O4/c1-2-28-16-18-29(19-17-28)22-32-14-9-15-33(23-32)36(37)25-35(39-27-31-12-7-4-8-13-31)24-34(40-36)20-21-38-26-30-10-5-3-6-11-30/h3-19,23,34-35,37H,2,20-22,24-27H2,1H3/t34-,35+,36?/m1/s1. The lowest BCUT2D eigenvalue weighted by molar-refractivity contribution is -0.288. The number of aliphatic hydroxyl groups is 1. The molecule has 0 saturated carbocycles. The van der Waals surface area contributed by atoms with Crippen LogP contribution in [0.25, 0.3) is 0 Å². The van der Waals surface area contributed by atoms with Crippen LogP contribution in [0.5, 0.6) is 0 Å².